The zero-order valence-electron chi connectivity index (χ0n) is 12.5. The monoisotopic (exact) mass is 299 g/mol. The maximum Gasteiger partial charge on any atom is 0.219 e. The molecule has 22 heavy (non-hydrogen) atoms. The molecule has 0 saturated heterocycles. The van der Waals surface area contributed by atoms with Crippen LogP contribution in [0, 0.1) is 5.82 Å². The molecule has 1 unspecified atom stereocenters. The standard InChI is InChI=1S/C18H18FNO2/c1-21-15-8-6-13(7-9-15)12-14-10-11-22-18(20-14)16-4-2-3-5-17(16)19/h2-9,14H,10-12H2,1H3. The maximum atomic E-state index is 13.8. The van der Waals surface area contributed by atoms with Crippen LogP contribution >= 0.6 is 0 Å². The number of benzene rings is 2. The van der Waals surface area contributed by atoms with Gasteiger partial charge in [-0.15, -0.1) is 0 Å². The normalized spacial score (nSPS) is 17.5. The van der Waals surface area contributed by atoms with Crippen LogP contribution in [0.4, 0.5) is 4.39 Å². The van der Waals surface area contributed by atoms with Crippen LogP contribution in [0.3, 0.4) is 0 Å². The Hall–Kier alpha value is -2.36. The zero-order valence-corrected chi connectivity index (χ0v) is 12.5. The van der Waals surface area contributed by atoms with Crippen molar-refractivity contribution in [2.75, 3.05) is 13.7 Å². The van der Waals surface area contributed by atoms with Gasteiger partial charge in [-0.05, 0) is 36.2 Å². The largest absolute Gasteiger partial charge is 0.497 e. The van der Waals surface area contributed by atoms with E-state index in [-0.39, 0.29) is 11.9 Å². The summed E-state index contributed by atoms with van der Waals surface area (Å²) >= 11 is 0. The third-order valence-corrected chi connectivity index (χ3v) is 3.72. The van der Waals surface area contributed by atoms with Crippen LogP contribution in [0.15, 0.2) is 53.5 Å². The minimum Gasteiger partial charge on any atom is -0.497 e. The Balaban J connectivity index is 1.77. The molecule has 1 heterocycles. The lowest BCUT2D eigenvalue weighted by molar-refractivity contribution is 0.259. The predicted molar refractivity (Wildman–Crippen MR) is 84.0 cm³/mol. The summed E-state index contributed by atoms with van der Waals surface area (Å²) in [5.41, 5.74) is 1.62. The summed E-state index contributed by atoms with van der Waals surface area (Å²) in [7, 11) is 1.65. The Labute approximate surface area is 129 Å². The highest BCUT2D eigenvalue weighted by molar-refractivity contribution is 5.94. The average Bonchev–Trinajstić information content (AvgIpc) is 2.56. The molecular formula is C18H18FNO2. The number of hydrogen-bond donors (Lipinski definition) is 0. The molecule has 1 aliphatic rings. The van der Waals surface area contributed by atoms with E-state index in [0.29, 0.717) is 18.1 Å². The molecule has 1 aliphatic heterocycles. The third-order valence-electron chi connectivity index (χ3n) is 3.72. The van der Waals surface area contributed by atoms with E-state index in [1.54, 1.807) is 25.3 Å². The molecule has 1 atom stereocenters. The summed E-state index contributed by atoms with van der Waals surface area (Å²) in [6, 6.07) is 14.6. The van der Waals surface area contributed by atoms with Gasteiger partial charge in [0, 0.05) is 6.42 Å². The van der Waals surface area contributed by atoms with Crippen molar-refractivity contribution in [3.63, 3.8) is 0 Å². The lowest BCUT2D eigenvalue weighted by Gasteiger charge is -2.21. The lowest BCUT2D eigenvalue weighted by atomic mass is 10.0. The number of halogens is 1. The van der Waals surface area contributed by atoms with E-state index in [4.69, 9.17) is 9.47 Å². The summed E-state index contributed by atoms with van der Waals surface area (Å²) in [6.45, 7) is 0.563. The quantitative estimate of drug-likeness (QED) is 0.863. The molecular weight excluding hydrogens is 281 g/mol. The molecule has 0 amide bonds. The van der Waals surface area contributed by atoms with E-state index in [0.717, 1.165) is 18.6 Å². The summed E-state index contributed by atoms with van der Waals surface area (Å²) < 4.78 is 24.5. The number of hydrogen-bond acceptors (Lipinski definition) is 3. The van der Waals surface area contributed by atoms with E-state index in [9.17, 15) is 4.39 Å². The van der Waals surface area contributed by atoms with Crippen LogP contribution in [0.25, 0.3) is 0 Å². The molecule has 3 nitrogen and oxygen atoms in total. The van der Waals surface area contributed by atoms with E-state index in [2.05, 4.69) is 4.99 Å². The molecule has 0 N–H and O–H groups in total. The number of ether oxygens (including phenoxy) is 2. The van der Waals surface area contributed by atoms with Gasteiger partial charge in [0.1, 0.15) is 11.6 Å². The smallest absolute Gasteiger partial charge is 0.219 e. The Kier molecular flexibility index (Phi) is 4.37. The van der Waals surface area contributed by atoms with Gasteiger partial charge < -0.3 is 9.47 Å². The van der Waals surface area contributed by atoms with Crippen molar-refractivity contribution in [3.05, 3.63) is 65.5 Å². The van der Waals surface area contributed by atoms with Crippen LogP contribution in [-0.2, 0) is 11.2 Å². The molecule has 2 aromatic carbocycles. The molecule has 114 valence electrons. The van der Waals surface area contributed by atoms with E-state index >= 15 is 0 Å². The molecule has 3 rings (SSSR count). The van der Waals surface area contributed by atoms with Gasteiger partial charge in [0.2, 0.25) is 5.90 Å². The van der Waals surface area contributed by atoms with Crippen molar-refractivity contribution in [3.8, 4) is 5.75 Å². The van der Waals surface area contributed by atoms with Gasteiger partial charge in [-0.2, -0.15) is 0 Å². The number of nitrogens with zero attached hydrogens (tertiary/aromatic N) is 1. The van der Waals surface area contributed by atoms with Crippen LogP contribution in [0.1, 0.15) is 17.5 Å². The fourth-order valence-corrected chi connectivity index (χ4v) is 2.52. The average molecular weight is 299 g/mol. The second-order valence-corrected chi connectivity index (χ2v) is 5.26. The molecule has 0 spiro atoms. The second kappa shape index (κ2) is 6.60. The molecule has 0 saturated carbocycles. The summed E-state index contributed by atoms with van der Waals surface area (Å²) in [6.07, 6.45) is 1.65. The Bertz CT molecular complexity index is 667. The van der Waals surface area contributed by atoms with Gasteiger partial charge in [0.05, 0.1) is 25.3 Å². The highest BCUT2D eigenvalue weighted by Gasteiger charge is 2.19. The van der Waals surface area contributed by atoms with Gasteiger partial charge >= 0.3 is 0 Å². The molecule has 0 radical (unpaired) electrons. The topological polar surface area (TPSA) is 30.8 Å². The van der Waals surface area contributed by atoms with Gasteiger partial charge in [0.15, 0.2) is 0 Å². The van der Waals surface area contributed by atoms with Gasteiger partial charge in [0.25, 0.3) is 0 Å². The number of aliphatic imine (C=N–C) groups is 1. The van der Waals surface area contributed by atoms with Crippen molar-refractivity contribution in [2.45, 2.75) is 18.9 Å². The van der Waals surface area contributed by atoms with E-state index in [1.165, 1.54) is 11.6 Å². The summed E-state index contributed by atoms with van der Waals surface area (Å²) in [5, 5.41) is 0. The Morgan fingerprint density at radius 1 is 1.18 bits per heavy atom. The SMILES string of the molecule is COc1ccc(CC2CCOC(c3ccccc3F)=N2)cc1. The third kappa shape index (κ3) is 3.27. The maximum absolute atomic E-state index is 13.8. The van der Waals surface area contributed by atoms with Crippen LogP contribution in [0.5, 0.6) is 5.75 Å². The van der Waals surface area contributed by atoms with Gasteiger partial charge in [-0.1, -0.05) is 24.3 Å². The Morgan fingerprint density at radius 3 is 2.68 bits per heavy atom. The van der Waals surface area contributed by atoms with Crippen molar-refractivity contribution in [2.24, 2.45) is 4.99 Å². The van der Waals surface area contributed by atoms with Crippen LogP contribution in [0.2, 0.25) is 0 Å². The van der Waals surface area contributed by atoms with Crippen molar-refractivity contribution in [1.82, 2.24) is 0 Å². The highest BCUT2D eigenvalue weighted by atomic mass is 19.1. The molecule has 0 fully saturated rings. The second-order valence-electron chi connectivity index (χ2n) is 5.26. The van der Waals surface area contributed by atoms with E-state index in [1.807, 2.05) is 24.3 Å². The van der Waals surface area contributed by atoms with Crippen molar-refractivity contribution >= 4 is 5.90 Å². The van der Waals surface area contributed by atoms with Crippen LogP contribution < -0.4 is 4.74 Å². The minimum atomic E-state index is -0.300. The van der Waals surface area contributed by atoms with Gasteiger partial charge in [-0.3, -0.25) is 0 Å². The zero-order chi connectivity index (χ0) is 15.4. The summed E-state index contributed by atoms with van der Waals surface area (Å²) in [4.78, 5) is 4.57. The first-order valence-electron chi connectivity index (χ1n) is 7.34. The number of methoxy groups -OCH3 is 1. The summed E-state index contributed by atoms with van der Waals surface area (Å²) in [5.74, 6) is 0.945. The molecule has 4 heteroatoms. The van der Waals surface area contributed by atoms with Crippen molar-refractivity contribution in [1.29, 1.82) is 0 Å². The Morgan fingerprint density at radius 2 is 1.95 bits per heavy atom. The fraction of sp³-hybridized carbons (Fsp3) is 0.278. The number of rotatable bonds is 4. The first kappa shape index (κ1) is 14.6. The minimum absolute atomic E-state index is 0.108. The van der Waals surface area contributed by atoms with Crippen molar-refractivity contribution < 1.29 is 13.9 Å². The van der Waals surface area contributed by atoms with Crippen LogP contribution in [-0.4, -0.2) is 25.7 Å². The molecule has 0 bridgehead atoms. The van der Waals surface area contributed by atoms with E-state index < -0.39 is 0 Å². The van der Waals surface area contributed by atoms with Gasteiger partial charge in [-0.25, -0.2) is 9.38 Å². The molecule has 0 aliphatic carbocycles. The first-order valence-corrected chi connectivity index (χ1v) is 7.34. The first-order chi connectivity index (χ1) is 10.8. The predicted octanol–water partition coefficient (Wildman–Crippen LogP) is 3.61. The molecule has 0 aromatic heterocycles. The molecule has 2 aromatic rings. The fourth-order valence-electron chi connectivity index (χ4n) is 2.52. The lowest BCUT2D eigenvalue weighted by Crippen LogP contribution is -2.24. The highest BCUT2D eigenvalue weighted by Crippen LogP contribution is 2.19.